The minimum Gasteiger partial charge on any atom is -0.457 e. The number of nitrogens with zero attached hydrogens (tertiary/aromatic N) is 2. The highest BCUT2D eigenvalue weighted by Gasteiger charge is 2.26. The fourth-order valence-electron chi connectivity index (χ4n) is 2.55. The van der Waals surface area contributed by atoms with E-state index >= 15 is 0 Å². The zero-order valence-electron chi connectivity index (χ0n) is 13.5. The van der Waals surface area contributed by atoms with E-state index in [1.54, 1.807) is 6.07 Å². The van der Waals surface area contributed by atoms with E-state index in [1.165, 1.54) is 0 Å². The molecular weight excluding hydrogens is 323 g/mol. The van der Waals surface area contributed by atoms with Gasteiger partial charge in [-0.05, 0) is 27.7 Å². The lowest BCUT2D eigenvalue weighted by Crippen LogP contribution is -2.42. The molecule has 0 bridgehead atoms. The summed E-state index contributed by atoms with van der Waals surface area (Å²) in [5.74, 6) is 0.684. The second-order valence-electron chi connectivity index (χ2n) is 6.22. The fourth-order valence-corrected chi connectivity index (χ4v) is 2.87. The minimum atomic E-state index is -0.504. The molecule has 22 heavy (non-hydrogen) atoms. The largest absolute Gasteiger partial charge is 0.457 e. The second-order valence-corrected chi connectivity index (χ2v) is 7.03. The van der Waals surface area contributed by atoms with Crippen molar-refractivity contribution in [3.05, 3.63) is 28.0 Å². The van der Waals surface area contributed by atoms with Crippen LogP contribution in [0.4, 0.5) is 0 Å². The van der Waals surface area contributed by atoms with Crippen LogP contribution in [-0.2, 0) is 22.6 Å². The van der Waals surface area contributed by atoms with Crippen molar-refractivity contribution in [2.45, 2.75) is 53.3 Å². The van der Waals surface area contributed by atoms with Crippen LogP contribution in [0.15, 0.2) is 12.1 Å². The number of imidazole rings is 1. The van der Waals surface area contributed by atoms with Crippen molar-refractivity contribution in [1.82, 2.24) is 4.57 Å². The second kappa shape index (κ2) is 6.09. The number of rotatable bonds is 3. The van der Waals surface area contributed by atoms with Crippen LogP contribution in [0.1, 0.15) is 33.5 Å². The molecule has 0 amide bonds. The number of aromatic nitrogens is 2. The molecule has 1 aromatic carbocycles. The number of esters is 1. The summed E-state index contributed by atoms with van der Waals surface area (Å²) in [6, 6.07) is 3.63. The van der Waals surface area contributed by atoms with Gasteiger partial charge in [0.15, 0.2) is 17.6 Å². The van der Waals surface area contributed by atoms with E-state index in [0.29, 0.717) is 10.0 Å². The maximum atomic E-state index is 12.2. The fraction of sp³-hybridized carbons (Fsp3) is 0.500. The standard InChI is InChI=1S/C16H21Cl2N2O2/c1-6-19-10(2)20(9-15(21)22-16(3,4)5)14-8-12(18)11(17)7-13(14)19/h7-8H,6,9H2,1-5H3/q+1. The number of hydrogen-bond acceptors (Lipinski definition) is 2. The van der Waals surface area contributed by atoms with Crippen LogP contribution >= 0.6 is 23.2 Å². The van der Waals surface area contributed by atoms with E-state index in [2.05, 4.69) is 4.57 Å². The first-order valence-electron chi connectivity index (χ1n) is 7.23. The first kappa shape index (κ1) is 17.1. The van der Waals surface area contributed by atoms with E-state index in [-0.39, 0.29) is 12.5 Å². The maximum Gasteiger partial charge on any atom is 0.349 e. The summed E-state index contributed by atoms with van der Waals surface area (Å²) in [6.07, 6.45) is 0. The summed E-state index contributed by atoms with van der Waals surface area (Å²) in [5.41, 5.74) is 1.33. The monoisotopic (exact) mass is 343 g/mol. The van der Waals surface area contributed by atoms with Gasteiger partial charge in [0.25, 0.3) is 5.82 Å². The summed E-state index contributed by atoms with van der Waals surface area (Å²) in [6.45, 7) is 10.5. The zero-order valence-corrected chi connectivity index (χ0v) is 15.0. The highest BCUT2D eigenvalue weighted by molar-refractivity contribution is 6.42. The van der Waals surface area contributed by atoms with Gasteiger partial charge >= 0.3 is 5.97 Å². The Morgan fingerprint density at radius 3 is 2.41 bits per heavy atom. The van der Waals surface area contributed by atoms with Crippen molar-refractivity contribution in [3.63, 3.8) is 0 Å². The average molecular weight is 344 g/mol. The normalized spacial score (nSPS) is 12.0. The van der Waals surface area contributed by atoms with Crippen molar-refractivity contribution >= 4 is 40.2 Å². The van der Waals surface area contributed by atoms with Gasteiger partial charge in [-0.1, -0.05) is 23.2 Å². The Bertz CT molecular complexity index is 730. The van der Waals surface area contributed by atoms with Crippen molar-refractivity contribution < 1.29 is 14.1 Å². The molecule has 0 fully saturated rings. The van der Waals surface area contributed by atoms with Crippen LogP contribution < -0.4 is 4.57 Å². The topological polar surface area (TPSA) is 35.1 Å². The minimum absolute atomic E-state index is 0.143. The molecule has 0 saturated carbocycles. The number of fused-ring (bicyclic) bond motifs is 1. The molecule has 2 aromatic rings. The van der Waals surface area contributed by atoms with E-state index in [9.17, 15) is 4.79 Å². The molecule has 0 aliphatic heterocycles. The third-order valence-corrected chi connectivity index (χ3v) is 4.13. The number of carbonyl (C=O) groups is 1. The van der Waals surface area contributed by atoms with Crippen LogP contribution in [0, 0.1) is 6.92 Å². The zero-order chi connectivity index (χ0) is 16.7. The molecule has 120 valence electrons. The summed E-state index contributed by atoms with van der Waals surface area (Å²) in [4.78, 5) is 12.2. The van der Waals surface area contributed by atoms with E-state index in [0.717, 1.165) is 23.4 Å². The lowest BCUT2D eigenvalue weighted by atomic mass is 10.2. The molecular formula is C16H21Cl2N2O2+. The quantitative estimate of drug-likeness (QED) is 0.625. The summed E-state index contributed by atoms with van der Waals surface area (Å²) >= 11 is 12.3. The van der Waals surface area contributed by atoms with Crippen molar-refractivity contribution in [2.75, 3.05) is 0 Å². The molecule has 4 nitrogen and oxygen atoms in total. The highest BCUT2D eigenvalue weighted by atomic mass is 35.5. The smallest absolute Gasteiger partial charge is 0.349 e. The van der Waals surface area contributed by atoms with Crippen LogP contribution in [-0.4, -0.2) is 16.1 Å². The average Bonchev–Trinajstić information content (AvgIpc) is 2.61. The Morgan fingerprint density at radius 1 is 1.27 bits per heavy atom. The van der Waals surface area contributed by atoms with Gasteiger partial charge < -0.3 is 4.74 Å². The Morgan fingerprint density at radius 2 is 1.86 bits per heavy atom. The first-order chi connectivity index (χ1) is 10.1. The Hall–Kier alpha value is -1.26. The molecule has 0 radical (unpaired) electrons. The summed E-state index contributed by atoms with van der Waals surface area (Å²) in [5, 5.41) is 0.978. The SMILES string of the molecule is CCn1c(C)[n+](CC(=O)OC(C)(C)C)c2cc(Cl)c(Cl)cc21. The van der Waals surface area contributed by atoms with Crippen LogP contribution in [0.3, 0.4) is 0 Å². The van der Waals surface area contributed by atoms with Gasteiger partial charge in [-0.15, -0.1) is 0 Å². The molecule has 0 N–H and O–H groups in total. The van der Waals surface area contributed by atoms with Crippen LogP contribution in [0.2, 0.25) is 10.0 Å². The molecule has 0 aliphatic carbocycles. The van der Waals surface area contributed by atoms with Gasteiger partial charge in [-0.2, -0.15) is 0 Å². The molecule has 0 aliphatic rings. The summed E-state index contributed by atoms with van der Waals surface area (Å²) in [7, 11) is 0. The van der Waals surface area contributed by atoms with Crippen LogP contribution in [0.25, 0.3) is 11.0 Å². The molecule has 1 aromatic heterocycles. The molecule has 0 saturated heterocycles. The van der Waals surface area contributed by atoms with E-state index in [4.69, 9.17) is 27.9 Å². The third kappa shape index (κ3) is 3.39. The van der Waals surface area contributed by atoms with Crippen molar-refractivity contribution in [1.29, 1.82) is 0 Å². The maximum absolute atomic E-state index is 12.2. The van der Waals surface area contributed by atoms with Gasteiger partial charge in [-0.3, -0.25) is 0 Å². The van der Waals surface area contributed by atoms with Gasteiger partial charge in [0, 0.05) is 19.1 Å². The molecule has 0 spiro atoms. The van der Waals surface area contributed by atoms with Gasteiger partial charge in [-0.25, -0.2) is 13.9 Å². The van der Waals surface area contributed by atoms with Crippen molar-refractivity contribution in [2.24, 2.45) is 0 Å². The van der Waals surface area contributed by atoms with E-state index in [1.807, 2.05) is 45.3 Å². The number of hydrogen-bond donors (Lipinski definition) is 0. The van der Waals surface area contributed by atoms with E-state index < -0.39 is 5.60 Å². The lowest BCUT2D eigenvalue weighted by molar-refractivity contribution is -0.667. The molecule has 0 unspecified atom stereocenters. The van der Waals surface area contributed by atoms with Crippen LogP contribution in [0.5, 0.6) is 0 Å². The molecule has 6 heteroatoms. The Balaban J connectivity index is 2.51. The first-order valence-corrected chi connectivity index (χ1v) is 7.99. The molecule has 1 heterocycles. The predicted molar refractivity (Wildman–Crippen MR) is 88.4 cm³/mol. The number of carbonyl (C=O) groups excluding carboxylic acids is 1. The number of benzene rings is 1. The Kier molecular flexibility index (Phi) is 4.73. The highest BCUT2D eigenvalue weighted by Crippen LogP contribution is 2.27. The predicted octanol–water partition coefficient (Wildman–Crippen LogP) is 3.91. The lowest BCUT2D eigenvalue weighted by Gasteiger charge is -2.18. The molecule has 0 atom stereocenters. The molecule has 2 rings (SSSR count). The Labute approximate surface area is 140 Å². The van der Waals surface area contributed by atoms with Crippen molar-refractivity contribution in [3.8, 4) is 0 Å². The van der Waals surface area contributed by atoms with Gasteiger partial charge in [0.2, 0.25) is 0 Å². The number of aryl methyl sites for hydroxylation is 1. The number of halogens is 2. The summed E-state index contributed by atoms with van der Waals surface area (Å²) < 4.78 is 9.43. The van der Waals surface area contributed by atoms with Gasteiger partial charge in [0.05, 0.1) is 16.6 Å². The third-order valence-electron chi connectivity index (χ3n) is 3.40. The van der Waals surface area contributed by atoms with Gasteiger partial charge in [0.1, 0.15) is 5.60 Å². The number of ether oxygens (including phenoxy) is 1.